The number of benzene rings is 1. The van der Waals surface area contributed by atoms with Gasteiger partial charge in [-0.25, -0.2) is 9.97 Å². The lowest BCUT2D eigenvalue weighted by atomic mass is 10.1. The highest BCUT2D eigenvalue weighted by Crippen LogP contribution is 2.28. The number of hydrogen-bond acceptors (Lipinski definition) is 5. The molecule has 0 N–H and O–H groups in total. The molecule has 2 aromatic heterocycles. The summed E-state index contributed by atoms with van der Waals surface area (Å²) < 4.78 is 1.87. The van der Waals surface area contributed by atoms with Crippen LogP contribution in [0.25, 0.3) is 11.0 Å². The summed E-state index contributed by atoms with van der Waals surface area (Å²) in [6, 6.07) is 9.93. The van der Waals surface area contributed by atoms with Gasteiger partial charge in [0.25, 0.3) is 0 Å². The Morgan fingerprint density at radius 2 is 1.76 bits per heavy atom. The van der Waals surface area contributed by atoms with Gasteiger partial charge in [-0.05, 0) is 12.5 Å². The summed E-state index contributed by atoms with van der Waals surface area (Å²) in [6.07, 6.45) is 0.455. The molecule has 7 heteroatoms. The highest BCUT2D eigenvalue weighted by molar-refractivity contribution is 5.88. The number of anilines is 1. The average molecular weight is 393 g/mol. The summed E-state index contributed by atoms with van der Waals surface area (Å²) >= 11 is 0. The van der Waals surface area contributed by atoms with E-state index < -0.39 is 0 Å². The molecule has 0 bridgehead atoms. The van der Waals surface area contributed by atoms with Gasteiger partial charge in [-0.15, -0.1) is 0 Å². The SMILES string of the molecule is Cc1nn(C)c2c(N3CCN(C(=O)Cc4ccccc4)CC3)nc(C(C)C)nc12. The summed E-state index contributed by atoms with van der Waals surface area (Å²) in [5, 5.41) is 4.56. The Morgan fingerprint density at radius 1 is 1.07 bits per heavy atom. The second-order valence-electron chi connectivity index (χ2n) is 8.00. The van der Waals surface area contributed by atoms with Gasteiger partial charge in [0.05, 0.1) is 12.1 Å². The van der Waals surface area contributed by atoms with Gasteiger partial charge in [0, 0.05) is 39.1 Å². The summed E-state index contributed by atoms with van der Waals surface area (Å²) in [4.78, 5) is 26.6. The molecule has 7 nitrogen and oxygen atoms in total. The van der Waals surface area contributed by atoms with Crippen LogP contribution in [0.3, 0.4) is 0 Å². The van der Waals surface area contributed by atoms with E-state index in [0.717, 1.165) is 47.0 Å². The van der Waals surface area contributed by atoms with Crippen LogP contribution in [-0.4, -0.2) is 56.7 Å². The number of hydrogen-bond donors (Lipinski definition) is 0. The highest BCUT2D eigenvalue weighted by atomic mass is 16.2. The first-order valence-electron chi connectivity index (χ1n) is 10.2. The van der Waals surface area contributed by atoms with E-state index in [2.05, 4.69) is 23.8 Å². The fourth-order valence-electron chi connectivity index (χ4n) is 3.86. The second-order valence-corrected chi connectivity index (χ2v) is 8.00. The van der Waals surface area contributed by atoms with Crippen molar-refractivity contribution in [1.29, 1.82) is 0 Å². The summed E-state index contributed by atoms with van der Waals surface area (Å²) in [6.45, 7) is 9.12. The zero-order valence-corrected chi connectivity index (χ0v) is 17.6. The Balaban J connectivity index is 1.54. The predicted molar refractivity (Wildman–Crippen MR) is 114 cm³/mol. The number of piperazine rings is 1. The lowest BCUT2D eigenvalue weighted by Crippen LogP contribution is -2.49. The first-order chi connectivity index (χ1) is 13.9. The van der Waals surface area contributed by atoms with Crippen LogP contribution in [-0.2, 0) is 18.3 Å². The van der Waals surface area contributed by atoms with Crippen LogP contribution >= 0.6 is 0 Å². The van der Waals surface area contributed by atoms with Crippen molar-refractivity contribution in [2.24, 2.45) is 7.05 Å². The maximum atomic E-state index is 12.7. The van der Waals surface area contributed by atoms with Crippen molar-refractivity contribution in [3.05, 3.63) is 47.4 Å². The van der Waals surface area contributed by atoms with Crippen molar-refractivity contribution in [3.63, 3.8) is 0 Å². The van der Waals surface area contributed by atoms with E-state index in [9.17, 15) is 4.79 Å². The minimum absolute atomic E-state index is 0.183. The molecular weight excluding hydrogens is 364 g/mol. The van der Waals surface area contributed by atoms with Crippen molar-refractivity contribution >= 4 is 22.8 Å². The molecule has 0 spiro atoms. The largest absolute Gasteiger partial charge is 0.351 e. The van der Waals surface area contributed by atoms with E-state index in [4.69, 9.17) is 9.97 Å². The third-order valence-corrected chi connectivity index (χ3v) is 5.50. The number of amides is 1. The molecule has 3 heterocycles. The maximum absolute atomic E-state index is 12.7. The molecule has 1 fully saturated rings. The molecule has 0 aliphatic carbocycles. The van der Waals surface area contributed by atoms with E-state index in [0.29, 0.717) is 19.5 Å². The molecule has 152 valence electrons. The number of carbonyl (C=O) groups is 1. The summed E-state index contributed by atoms with van der Waals surface area (Å²) in [7, 11) is 1.94. The molecular formula is C22H28N6O. The quantitative estimate of drug-likeness (QED) is 0.683. The number of fused-ring (bicyclic) bond motifs is 1. The maximum Gasteiger partial charge on any atom is 0.227 e. The predicted octanol–water partition coefficient (Wildman–Crippen LogP) is 2.69. The van der Waals surface area contributed by atoms with Gasteiger partial charge in [-0.1, -0.05) is 44.2 Å². The van der Waals surface area contributed by atoms with Crippen molar-refractivity contribution in [2.75, 3.05) is 31.1 Å². The molecule has 3 aromatic rings. The van der Waals surface area contributed by atoms with Crippen molar-refractivity contribution in [2.45, 2.75) is 33.1 Å². The Hall–Kier alpha value is -2.96. The van der Waals surface area contributed by atoms with Gasteiger partial charge in [-0.3, -0.25) is 9.48 Å². The van der Waals surface area contributed by atoms with Crippen LogP contribution in [0.1, 0.15) is 36.8 Å². The van der Waals surface area contributed by atoms with Gasteiger partial charge >= 0.3 is 0 Å². The molecule has 0 unspecified atom stereocenters. The summed E-state index contributed by atoms with van der Waals surface area (Å²) in [5.74, 6) is 2.19. The number of aromatic nitrogens is 4. The average Bonchev–Trinajstić information content (AvgIpc) is 3.02. The van der Waals surface area contributed by atoms with Gasteiger partial charge in [0.15, 0.2) is 5.82 Å². The third-order valence-electron chi connectivity index (χ3n) is 5.50. The fraction of sp³-hybridized carbons (Fsp3) is 0.455. The van der Waals surface area contributed by atoms with Gasteiger partial charge in [0.1, 0.15) is 16.9 Å². The number of carbonyl (C=O) groups excluding carboxylic acids is 1. The molecule has 1 amide bonds. The molecule has 0 saturated carbocycles. The fourth-order valence-corrected chi connectivity index (χ4v) is 3.86. The molecule has 4 rings (SSSR count). The van der Waals surface area contributed by atoms with Crippen LogP contribution < -0.4 is 4.90 Å². The Labute approximate surface area is 171 Å². The molecule has 0 radical (unpaired) electrons. The Bertz CT molecular complexity index is 1020. The zero-order valence-electron chi connectivity index (χ0n) is 17.6. The first kappa shape index (κ1) is 19.4. The third kappa shape index (κ3) is 3.81. The lowest BCUT2D eigenvalue weighted by Gasteiger charge is -2.36. The monoisotopic (exact) mass is 392 g/mol. The lowest BCUT2D eigenvalue weighted by molar-refractivity contribution is -0.130. The highest BCUT2D eigenvalue weighted by Gasteiger charge is 2.26. The smallest absolute Gasteiger partial charge is 0.227 e. The molecule has 29 heavy (non-hydrogen) atoms. The molecule has 1 saturated heterocycles. The van der Waals surface area contributed by atoms with Gasteiger partial charge in [0.2, 0.25) is 5.91 Å². The van der Waals surface area contributed by atoms with E-state index in [1.807, 2.05) is 53.9 Å². The Kier molecular flexibility index (Phi) is 5.22. The van der Waals surface area contributed by atoms with Crippen molar-refractivity contribution < 1.29 is 4.79 Å². The van der Waals surface area contributed by atoms with E-state index in [-0.39, 0.29) is 11.8 Å². The van der Waals surface area contributed by atoms with Crippen LogP contribution in [0.4, 0.5) is 5.82 Å². The molecule has 1 aliphatic rings. The normalized spacial score (nSPS) is 14.8. The number of rotatable bonds is 4. The number of aryl methyl sites for hydroxylation is 2. The Morgan fingerprint density at radius 3 is 2.41 bits per heavy atom. The second kappa shape index (κ2) is 7.81. The standard InChI is InChI=1S/C22H28N6O/c1-15(2)21-23-19-16(3)25-26(4)20(19)22(24-21)28-12-10-27(11-13-28)18(29)14-17-8-6-5-7-9-17/h5-9,15H,10-14H2,1-4H3. The molecule has 1 aliphatic heterocycles. The summed E-state index contributed by atoms with van der Waals surface area (Å²) in [5.41, 5.74) is 3.87. The molecule has 1 aromatic carbocycles. The zero-order chi connectivity index (χ0) is 20.5. The first-order valence-corrected chi connectivity index (χ1v) is 10.2. The van der Waals surface area contributed by atoms with Crippen LogP contribution in [0, 0.1) is 6.92 Å². The van der Waals surface area contributed by atoms with E-state index >= 15 is 0 Å². The van der Waals surface area contributed by atoms with Crippen molar-refractivity contribution in [3.8, 4) is 0 Å². The van der Waals surface area contributed by atoms with Gasteiger partial charge < -0.3 is 9.80 Å². The van der Waals surface area contributed by atoms with Crippen LogP contribution in [0.15, 0.2) is 30.3 Å². The topological polar surface area (TPSA) is 67.2 Å². The molecule has 0 atom stereocenters. The minimum Gasteiger partial charge on any atom is -0.351 e. The van der Waals surface area contributed by atoms with Crippen LogP contribution in [0.2, 0.25) is 0 Å². The van der Waals surface area contributed by atoms with E-state index in [1.54, 1.807) is 0 Å². The van der Waals surface area contributed by atoms with Gasteiger partial charge in [-0.2, -0.15) is 5.10 Å². The van der Waals surface area contributed by atoms with Crippen LogP contribution in [0.5, 0.6) is 0 Å². The van der Waals surface area contributed by atoms with Crippen molar-refractivity contribution in [1.82, 2.24) is 24.6 Å². The minimum atomic E-state index is 0.183. The number of nitrogens with zero attached hydrogens (tertiary/aromatic N) is 6. The van der Waals surface area contributed by atoms with E-state index in [1.165, 1.54) is 0 Å².